The van der Waals surface area contributed by atoms with Crippen molar-refractivity contribution in [2.75, 3.05) is 6.54 Å². The average Bonchev–Trinajstić information content (AvgIpc) is 2.55. The molecule has 0 aliphatic heterocycles. The molecule has 4 nitrogen and oxygen atoms in total. The minimum absolute atomic E-state index is 0.243. The largest absolute Gasteiger partial charge is 0.573 e. The van der Waals surface area contributed by atoms with Crippen molar-refractivity contribution in [2.24, 2.45) is 0 Å². The van der Waals surface area contributed by atoms with Gasteiger partial charge in [0.05, 0.1) is 5.56 Å². The second-order valence-electron chi connectivity index (χ2n) is 4.76. The lowest BCUT2D eigenvalue weighted by Crippen LogP contribution is -2.17. The van der Waals surface area contributed by atoms with E-state index in [0.717, 1.165) is 10.5 Å². The van der Waals surface area contributed by atoms with Crippen LogP contribution in [0.4, 0.5) is 13.2 Å². The van der Waals surface area contributed by atoms with E-state index in [0.29, 0.717) is 18.7 Å². The summed E-state index contributed by atoms with van der Waals surface area (Å²) in [5.41, 5.74) is 1.33. The lowest BCUT2D eigenvalue weighted by molar-refractivity contribution is -0.274. The highest BCUT2D eigenvalue weighted by atomic mass is 32.2. The zero-order valence-corrected chi connectivity index (χ0v) is 13.6. The number of hydrogen-bond donors (Lipinski definition) is 0. The van der Waals surface area contributed by atoms with Crippen molar-refractivity contribution in [3.8, 4) is 11.8 Å². The van der Waals surface area contributed by atoms with Crippen LogP contribution in [0.3, 0.4) is 0 Å². The van der Waals surface area contributed by atoms with Crippen LogP contribution in [-0.2, 0) is 6.54 Å². The summed E-state index contributed by atoms with van der Waals surface area (Å²) in [6.07, 6.45) is -1.54. The fourth-order valence-electron chi connectivity index (χ4n) is 1.89. The number of ether oxygens (including phenoxy) is 1. The number of nitriles is 1. The van der Waals surface area contributed by atoms with Crippen LogP contribution < -0.4 is 4.74 Å². The van der Waals surface area contributed by atoms with Crippen molar-refractivity contribution in [1.29, 1.82) is 5.26 Å². The Morgan fingerprint density at radius 1 is 1.25 bits per heavy atom. The van der Waals surface area contributed by atoms with Gasteiger partial charge in [-0.05, 0) is 35.7 Å². The third kappa shape index (κ3) is 5.76. The molecule has 0 bridgehead atoms. The third-order valence-corrected chi connectivity index (χ3v) is 4.02. The highest BCUT2D eigenvalue weighted by Gasteiger charge is 2.30. The second-order valence-corrected chi connectivity index (χ2v) is 5.93. The van der Waals surface area contributed by atoms with Crippen molar-refractivity contribution in [3.05, 3.63) is 53.9 Å². The number of pyridine rings is 1. The van der Waals surface area contributed by atoms with Crippen LogP contribution >= 0.6 is 11.9 Å². The van der Waals surface area contributed by atoms with Crippen LogP contribution in [0.25, 0.3) is 0 Å². The van der Waals surface area contributed by atoms with Crippen LogP contribution in [0.5, 0.6) is 5.75 Å². The Bertz CT molecular complexity index is 714. The van der Waals surface area contributed by atoms with Crippen LogP contribution in [0, 0.1) is 11.3 Å². The summed E-state index contributed by atoms with van der Waals surface area (Å²) in [6.45, 7) is 3.21. The molecule has 1 aromatic carbocycles. The highest BCUT2D eigenvalue weighted by molar-refractivity contribution is 7.97. The van der Waals surface area contributed by atoms with Crippen LogP contribution in [-0.4, -0.2) is 22.2 Å². The quantitative estimate of drug-likeness (QED) is 0.721. The monoisotopic (exact) mass is 353 g/mol. The Balaban J connectivity index is 2.00. The minimum atomic E-state index is -4.69. The first-order valence-electron chi connectivity index (χ1n) is 7.02. The van der Waals surface area contributed by atoms with E-state index in [1.165, 1.54) is 30.3 Å². The van der Waals surface area contributed by atoms with Gasteiger partial charge in [0.2, 0.25) is 0 Å². The van der Waals surface area contributed by atoms with E-state index in [1.54, 1.807) is 24.4 Å². The van der Waals surface area contributed by atoms with Gasteiger partial charge in [0.25, 0.3) is 0 Å². The molecule has 0 aliphatic rings. The summed E-state index contributed by atoms with van der Waals surface area (Å²) in [4.78, 5) is 4.83. The van der Waals surface area contributed by atoms with Crippen LogP contribution in [0.2, 0.25) is 0 Å². The normalized spacial score (nSPS) is 11.3. The Morgan fingerprint density at radius 3 is 2.54 bits per heavy atom. The molecule has 0 spiro atoms. The maximum Gasteiger partial charge on any atom is 0.573 e. The molecule has 0 fully saturated rings. The van der Waals surface area contributed by atoms with Gasteiger partial charge in [-0.2, -0.15) is 5.26 Å². The highest BCUT2D eigenvalue weighted by Crippen LogP contribution is 2.26. The van der Waals surface area contributed by atoms with Gasteiger partial charge in [-0.25, -0.2) is 4.31 Å². The van der Waals surface area contributed by atoms with Gasteiger partial charge in [-0.15, -0.1) is 13.2 Å². The SMILES string of the molecule is CCN(Cc1ccc(OC(F)(F)F)cc1)Sc1cncc(C#N)c1. The summed E-state index contributed by atoms with van der Waals surface area (Å²) in [7, 11) is 0. The molecule has 1 heterocycles. The fraction of sp³-hybridized carbons (Fsp3) is 0.250. The zero-order chi connectivity index (χ0) is 17.6. The predicted molar refractivity (Wildman–Crippen MR) is 84.0 cm³/mol. The molecule has 0 amide bonds. The van der Waals surface area contributed by atoms with Crippen LogP contribution in [0.1, 0.15) is 18.1 Å². The van der Waals surface area contributed by atoms with Gasteiger partial charge in [-0.1, -0.05) is 19.1 Å². The number of nitrogens with zero attached hydrogens (tertiary/aromatic N) is 3. The molecule has 0 radical (unpaired) electrons. The Labute approximate surface area is 142 Å². The first-order valence-corrected chi connectivity index (χ1v) is 7.79. The molecule has 0 N–H and O–H groups in total. The van der Waals surface area contributed by atoms with Gasteiger partial charge in [0.1, 0.15) is 11.8 Å². The standard InChI is InChI=1S/C16H14F3N3OS/c1-2-22(24-15-7-13(8-20)9-21-10-15)11-12-3-5-14(6-4-12)23-16(17,18)19/h3-7,9-10H,2,11H2,1H3. The smallest absolute Gasteiger partial charge is 0.406 e. The second kappa shape index (κ2) is 8.04. The number of hydrogen-bond acceptors (Lipinski definition) is 5. The molecule has 8 heteroatoms. The Kier molecular flexibility index (Phi) is 6.06. The number of alkyl halides is 3. The topological polar surface area (TPSA) is 49.1 Å². The average molecular weight is 353 g/mol. The van der Waals surface area contributed by atoms with E-state index in [1.807, 2.05) is 17.3 Å². The van der Waals surface area contributed by atoms with Crippen LogP contribution in [0.15, 0.2) is 47.6 Å². The Hall–Kier alpha value is -2.24. The van der Waals surface area contributed by atoms with Gasteiger partial charge >= 0.3 is 6.36 Å². The fourth-order valence-corrected chi connectivity index (χ4v) is 2.82. The van der Waals surface area contributed by atoms with E-state index < -0.39 is 6.36 Å². The maximum absolute atomic E-state index is 12.1. The van der Waals surface area contributed by atoms with Gasteiger partial charge in [-0.3, -0.25) is 4.98 Å². The van der Waals surface area contributed by atoms with Crippen molar-refractivity contribution in [3.63, 3.8) is 0 Å². The van der Waals surface area contributed by atoms with Gasteiger partial charge < -0.3 is 4.74 Å². The summed E-state index contributed by atoms with van der Waals surface area (Å²) in [6, 6.07) is 9.53. The molecular formula is C16H14F3N3OS. The van der Waals surface area contributed by atoms with E-state index >= 15 is 0 Å². The number of halogens is 3. The molecule has 2 rings (SSSR count). The van der Waals surface area contributed by atoms with Crippen molar-refractivity contribution >= 4 is 11.9 Å². The molecule has 1 aromatic heterocycles. The Morgan fingerprint density at radius 2 is 1.96 bits per heavy atom. The summed E-state index contributed by atoms with van der Waals surface area (Å²) in [5.74, 6) is -0.243. The predicted octanol–water partition coefficient (Wildman–Crippen LogP) is 4.38. The summed E-state index contributed by atoms with van der Waals surface area (Å²) >= 11 is 1.44. The lowest BCUT2D eigenvalue weighted by Gasteiger charge is -2.19. The number of rotatable bonds is 6. The van der Waals surface area contributed by atoms with Crippen molar-refractivity contribution < 1.29 is 17.9 Å². The van der Waals surface area contributed by atoms with Crippen molar-refractivity contribution in [2.45, 2.75) is 24.7 Å². The maximum atomic E-state index is 12.1. The molecule has 0 saturated carbocycles. The minimum Gasteiger partial charge on any atom is -0.406 e. The molecular weight excluding hydrogens is 339 g/mol. The van der Waals surface area contributed by atoms with Crippen molar-refractivity contribution in [1.82, 2.24) is 9.29 Å². The summed E-state index contributed by atoms with van der Waals surface area (Å²) in [5, 5.41) is 8.89. The number of benzene rings is 1. The molecule has 2 aromatic rings. The molecule has 0 atom stereocenters. The van der Waals surface area contributed by atoms with E-state index in [2.05, 4.69) is 9.72 Å². The first kappa shape index (κ1) is 18.1. The molecule has 0 aliphatic carbocycles. The van der Waals surface area contributed by atoms with Gasteiger partial charge in [0, 0.05) is 30.4 Å². The van der Waals surface area contributed by atoms with E-state index in [9.17, 15) is 13.2 Å². The van der Waals surface area contributed by atoms with E-state index in [4.69, 9.17) is 5.26 Å². The zero-order valence-electron chi connectivity index (χ0n) is 12.7. The molecule has 0 saturated heterocycles. The third-order valence-electron chi connectivity index (χ3n) is 2.95. The first-order chi connectivity index (χ1) is 11.4. The van der Waals surface area contributed by atoms with Gasteiger partial charge in [0.15, 0.2) is 0 Å². The lowest BCUT2D eigenvalue weighted by atomic mass is 10.2. The number of aromatic nitrogens is 1. The van der Waals surface area contributed by atoms with E-state index in [-0.39, 0.29) is 5.75 Å². The molecule has 24 heavy (non-hydrogen) atoms. The molecule has 126 valence electrons. The molecule has 0 unspecified atom stereocenters. The summed E-state index contributed by atoms with van der Waals surface area (Å²) < 4.78 is 42.3.